The third kappa shape index (κ3) is 8.55. The second-order valence-electron chi connectivity index (χ2n) is 8.02. The number of hydrogen-bond donors (Lipinski definition) is 2. The van der Waals surface area contributed by atoms with Crippen molar-refractivity contribution in [2.75, 3.05) is 23.7 Å². The van der Waals surface area contributed by atoms with Crippen molar-refractivity contribution in [3.8, 4) is 5.75 Å². The summed E-state index contributed by atoms with van der Waals surface area (Å²) in [4.78, 5) is 24.3. The van der Waals surface area contributed by atoms with Crippen LogP contribution in [0.15, 0.2) is 84.0 Å². The zero-order chi connectivity index (χ0) is 26.0. The average molecular weight is 509 g/mol. The number of benzene rings is 3. The summed E-state index contributed by atoms with van der Waals surface area (Å²) in [5, 5.41) is 6.68. The van der Waals surface area contributed by atoms with Gasteiger partial charge in [-0.1, -0.05) is 48.0 Å². The van der Waals surface area contributed by atoms with Gasteiger partial charge in [0.2, 0.25) is 10.0 Å². The maximum Gasteiger partial charge on any atom is 0.260 e. The van der Waals surface area contributed by atoms with E-state index >= 15 is 0 Å². The van der Waals surface area contributed by atoms with Crippen molar-refractivity contribution in [1.29, 1.82) is 0 Å². The number of nitrogens with zero attached hydrogens (tertiary/aromatic N) is 2. The third-order valence-electron chi connectivity index (χ3n) is 4.99. The predicted molar refractivity (Wildman–Crippen MR) is 139 cm³/mol. The highest BCUT2D eigenvalue weighted by Gasteiger charge is 2.20. The van der Waals surface area contributed by atoms with E-state index in [1.807, 2.05) is 37.3 Å². The normalized spacial score (nSPS) is 11.2. The van der Waals surface area contributed by atoms with Crippen molar-refractivity contribution in [2.24, 2.45) is 5.10 Å². The van der Waals surface area contributed by atoms with Gasteiger partial charge >= 0.3 is 0 Å². The molecule has 0 aliphatic carbocycles. The van der Waals surface area contributed by atoms with E-state index in [1.54, 1.807) is 48.5 Å². The molecule has 3 aromatic rings. The van der Waals surface area contributed by atoms with Gasteiger partial charge in [0.05, 0.1) is 18.2 Å². The summed E-state index contributed by atoms with van der Waals surface area (Å²) in [7, 11) is -3.66. The first-order chi connectivity index (χ1) is 17.2. The number of carbonyl (C=O) groups is 2. The molecular weight excluding hydrogens is 480 g/mol. The second-order valence-corrected chi connectivity index (χ2v) is 9.93. The second kappa shape index (κ2) is 12.5. The molecule has 3 rings (SSSR count). The Labute approximate surface area is 210 Å². The Kier molecular flexibility index (Phi) is 9.18. The molecule has 188 valence electrons. The van der Waals surface area contributed by atoms with Crippen LogP contribution in [0.4, 0.5) is 5.69 Å². The largest absolute Gasteiger partial charge is 0.484 e. The third-order valence-corrected chi connectivity index (χ3v) is 6.14. The molecule has 0 saturated heterocycles. The maximum absolute atomic E-state index is 12.3. The molecule has 0 aliphatic heterocycles. The average Bonchev–Trinajstić information content (AvgIpc) is 2.86. The van der Waals surface area contributed by atoms with Gasteiger partial charge in [0, 0.05) is 6.54 Å². The first-order valence-corrected chi connectivity index (χ1v) is 13.0. The topological polar surface area (TPSA) is 117 Å². The summed E-state index contributed by atoms with van der Waals surface area (Å²) in [6.07, 6.45) is 2.46. The number of carbonyl (C=O) groups excluding carboxylic acids is 2. The van der Waals surface area contributed by atoms with Gasteiger partial charge in [-0.05, 0) is 54.4 Å². The zero-order valence-corrected chi connectivity index (χ0v) is 20.9. The van der Waals surface area contributed by atoms with Crippen LogP contribution in [0.1, 0.15) is 16.7 Å². The van der Waals surface area contributed by atoms with E-state index in [1.165, 1.54) is 6.21 Å². The number of hydrazone groups is 1. The van der Waals surface area contributed by atoms with Gasteiger partial charge in [-0.25, -0.2) is 13.8 Å². The number of amides is 2. The van der Waals surface area contributed by atoms with Gasteiger partial charge in [-0.15, -0.1) is 0 Å². The number of aryl methyl sites for hydroxylation is 1. The van der Waals surface area contributed by atoms with Crippen LogP contribution in [0.2, 0.25) is 0 Å². The molecule has 0 heterocycles. The molecule has 0 bridgehead atoms. The summed E-state index contributed by atoms with van der Waals surface area (Å²) in [6.45, 7) is 1.79. The number of rotatable bonds is 11. The van der Waals surface area contributed by atoms with Gasteiger partial charge in [-0.3, -0.25) is 13.9 Å². The lowest BCUT2D eigenvalue weighted by Crippen LogP contribution is -2.39. The highest BCUT2D eigenvalue weighted by molar-refractivity contribution is 7.92. The molecule has 2 amide bonds. The molecule has 0 aliphatic rings. The molecule has 2 N–H and O–H groups in total. The van der Waals surface area contributed by atoms with Crippen molar-refractivity contribution in [1.82, 2.24) is 10.7 Å². The molecule has 3 aromatic carbocycles. The smallest absolute Gasteiger partial charge is 0.260 e. The highest BCUT2D eigenvalue weighted by Crippen LogP contribution is 2.17. The molecule has 0 atom stereocenters. The van der Waals surface area contributed by atoms with E-state index in [0.717, 1.165) is 21.7 Å². The van der Waals surface area contributed by atoms with Crippen molar-refractivity contribution < 1.29 is 22.7 Å². The van der Waals surface area contributed by atoms with Crippen LogP contribution in [0.25, 0.3) is 0 Å². The van der Waals surface area contributed by atoms with Crippen molar-refractivity contribution in [2.45, 2.75) is 13.5 Å². The first kappa shape index (κ1) is 26.4. The van der Waals surface area contributed by atoms with Gasteiger partial charge in [0.15, 0.2) is 6.61 Å². The minimum absolute atomic E-state index is 0.117. The van der Waals surface area contributed by atoms with E-state index in [4.69, 9.17) is 4.74 Å². The molecule has 0 radical (unpaired) electrons. The molecule has 36 heavy (non-hydrogen) atoms. The fourth-order valence-electron chi connectivity index (χ4n) is 3.10. The Bertz CT molecular complexity index is 1290. The summed E-state index contributed by atoms with van der Waals surface area (Å²) < 4.78 is 30.8. The Hall–Kier alpha value is -4.18. The minimum Gasteiger partial charge on any atom is -0.484 e. The lowest BCUT2D eigenvalue weighted by molar-refractivity contribution is -0.123. The van der Waals surface area contributed by atoms with E-state index in [2.05, 4.69) is 15.8 Å². The molecule has 0 aromatic heterocycles. The molecule has 0 saturated carbocycles. The molecule has 0 spiro atoms. The van der Waals surface area contributed by atoms with E-state index in [0.29, 0.717) is 23.5 Å². The molecule has 10 heteroatoms. The van der Waals surface area contributed by atoms with Gasteiger partial charge in [-0.2, -0.15) is 5.10 Å². The Balaban J connectivity index is 1.46. The first-order valence-electron chi connectivity index (χ1n) is 11.1. The summed E-state index contributed by atoms with van der Waals surface area (Å²) in [5.41, 5.74) is 5.38. The highest BCUT2D eigenvalue weighted by atomic mass is 32.2. The minimum atomic E-state index is -3.66. The van der Waals surface area contributed by atoms with Gasteiger partial charge in [0.1, 0.15) is 12.3 Å². The predicted octanol–water partition coefficient (Wildman–Crippen LogP) is 2.61. The molecule has 0 fully saturated rings. The fraction of sp³-hybridized carbons (Fsp3) is 0.192. The zero-order valence-electron chi connectivity index (χ0n) is 20.0. The number of nitrogens with one attached hydrogen (secondary N) is 2. The fourth-order valence-corrected chi connectivity index (χ4v) is 3.96. The van der Waals surface area contributed by atoms with Gasteiger partial charge in [0.25, 0.3) is 11.8 Å². The van der Waals surface area contributed by atoms with Crippen LogP contribution in [0, 0.1) is 6.92 Å². The van der Waals surface area contributed by atoms with Crippen LogP contribution in [-0.2, 0) is 26.2 Å². The van der Waals surface area contributed by atoms with E-state index < -0.39 is 22.5 Å². The number of hydrogen-bond acceptors (Lipinski definition) is 6. The van der Waals surface area contributed by atoms with Crippen LogP contribution in [-0.4, -0.2) is 45.9 Å². The SMILES string of the molecule is Cc1ccc(N(CC(=O)N/N=C\c2ccc(OCC(=O)NCc3ccccc3)cc2)S(C)(=O)=O)cc1. The monoisotopic (exact) mass is 508 g/mol. The quantitative estimate of drug-likeness (QED) is 0.305. The van der Waals surface area contributed by atoms with E-state index in [-0.39, 0.29) is 12.5 Å². The van der Waals surface area contributed by atoms with Crippen LogP contribution >= 0.6 is 0 Å². The molecule has 0 unspecified atom stereocenters. The Morgan fingerprint density at radius 3 is 2.25 bits per heavy atom. The Morgan fingerprint density at radius 2 is 1.61 bits per heavy atom. The van der Waals surface area contributed by atoms with Gasteiger partial charge < -0.3 is 10.1 Å². The Morgan fingerprint density at radius 1 is 0.944 bits per heavy atom. The van der Waals surface area contributed by atoms with Crippen molar-refractivity contribution in [3.05, 3.63) is 95.6 Å². The van der Waals surface area contributed by atoms with Crippen LogP contribution in [0.3, 0.4) is 0 Å². The lowest BCUT2D eigenvalue weighted by Gasteiger charge is -2.21. The number of sulfonamides is 1. The van der Waals surface area contributed by atoms with Crippen molar-refractivity contribution in [3.63, 3.8) is 0 Å². The molecular formula is C26H28N4O5S. The summed E-state index contributed by atoms with van der Waals surface area (Å²) in [5.74, 6) is -0.312. The van der Waals surface area contributed by atoms with Crippen LogP contribution in [0.5, 0.6) is 5.75 Å². The summed E-state index contributed by atoms with van der Waals surface area (Å²) in [6, 6.07) is 23.2. The standard InChI is InChI=1S/C26H28N4O5S/c1-20-8-12-23(13-9-20)30(36(2,33)34)18-25(31)29-28-17-22-10-14-24(15-11-22)35-19-26(32)27-16-21-6-4-3-5-7-21/h3-15,17H,16,18-19H2,1-2H3,(H,27,32)(H,29,31)/b28-17-. The number of anilines is 1. The summed E-state index contributed by atoms with van der Waals surface area (Å²) >= 11 is 0. The van der Waals surface area contributed by atoms with Crippen LogP contribution < -0.4 is 19.8 Å². The van der Waals surface area contributed by atoms with Crippen molar-refractivity contribution >= 4 is 33.7 Å². The molecule has 9 nitrogen and oxygen atoms in total. The number of ether oxygens (including phenoxy) is 1. The maximum atomic E-state index is 12.3. The van der Waals surface area contributed by atoms with E-state index in [9.17, 15) is 18.0 Å². The lowest BCUT2D eigenvalue weighted by atomic mass is 10.2.